The number of fused-ring (bicyclic) bond motifs is 2. The van der Waals surface area contributed by atoms with Crippen LogP contribution in [0.5, 0.6) is 11.5 Å². The molecule has 0 spiro atoms. The molecule has 1 aliphatic carbocycles. The Kier molecular flexibility index (Phi) is 9.65. The van der Waals surface area contributed by atoms with Crippen molar-refractivity contribution in [3.63, 3.8) is 0 Å². The average molecular weight is 620 g/mol. The molecule has 3 heterocycles. The van der Waals surface area contributed by atoms with Crippen molar-refractivity contribution < 1.29 is 33.6 Å². The van der Waals surface area contributed by atoms with Gasteiger partial charge in [-0.2, -0.15) is 0 Å². The van der Waals surface area contributed by atoms with Crippen LogP contribution >= 0.6 is 0 Å². The second-order valence-corrected chi connectivity index (χ2v) is 12.8. The highest BCUT2D eigenvalue weighted by atomic mass is 16.5. The lowest BCUT2D eigenvalue weighted by Gasteiger charge is -2.39. The van der Waals surface area contributed by atoms with Crippen LogP contribution in [0.3, 0.4) is 0 Å². The van der Waals surface area contributed by atoms with Crippen molar-refractivity contribution in [2.75, 3.05) is 40.0 Å². The molecule has 2 aliphatic rings. The third kappa shape index (κ3) is 7.47. The van der Waals surface area contributed by atoms with Crippen LogP contribution in [0, 0.1) is 5.92 Å². The van der Waals surface area contributed by atoms with Gasteiger partial charge in [-0.3, -0.25) is 4.79 Å². The number of carbonyl (C=O) groups is 1. The van der Waals surface area contributed by atoms with Crippen LogP contribution in [0.1, 0.15) is 61.5 Å². The van der Waals surface area contributed by atoms with Gasteiger partial charge in [-0.25, -0.2) is 0 Å². The van der Waals surface area contributed by atoms with Gasteiger partial charge in [0.15, 0.2) is 0 Å². The number of aromatic nitrogens is 1. The number of likely N-dealkylation sites (tertiary alicyclic amines) is 1. The Bertz CT molecular complexity index is 1590. The number of hydrogen-bond donors (Lipinski definition) is 4. The fourth-order valence-electron chi connectivity index (χ4n) is 6.64. The van der Waals surface area contributed by atoms with Crippen LogP contribution in [0.15, 0.2) is 53.1 Å². The average Bonchev–Trinajstić information content (AvgIpc) is 3.67. The lowest BCUT2D eigenvalue weighted by atomic mass is 9.80. The third-order valence-electron chi connectivity index (χ3n) is 9.52. The lowest BCUT2D eigenvalue weighted by Crippen LogP contribution is -2.47. The molecule has 1 aliphatic heterocycles. The van der Waals surface area contributed by atoms with Crippen molar-refractivity contribution in [1.82, 2.24) is 15.2 Å². The van der Waals surface area contributed by atoms with Crippen molar-refractivity contribution in [2.45, 2.75) is 69.8 Å². The zero-order chi connectivity index (χ0) is 31.4. The van der Waals surface area contributed by atoms with E-state index in [0.29, 0.717) is 44.1 Å². The summed E-state index contributed by atoms with van der Waals surface area (Å²) in [5.41, 5.74) is 2.25. The highest BCUT2D eigenvalue weighted by Gasteiger charge is 2.35. The van der Waals surface area contributed by atoms with Crippen LogP contribution in [0.4, 0.5) is 0 Å². The van der Waals surface area contributed by atoms with E-state index in [0.717, 1.165) is 78.5 Å². The maximum Gasteiger partial charge on any atom is 0.267 e. The number of furan rings is 1. The third-order valence-corrected chi connectivity index (χ3v) is 9.52. The van der Waals surface area contributed by atoms with Crippen LogP contribution in [-0.2, 0) is 11.3 Å². The quantitative estimate of drug-likeness (QED) is 0.163. The Morgan fingerprint density at radius 3 is 2.76 bits per heavy atom. The first-order valence-corrected chi connectivity index (χ1v) is 16.1. The largest absolute Gasteiger partial charge is 0.491 e. The SMILES string of the molecule is COCCOc1ccc2c(COc3cccc4[nH]c(C(=O)NC5CCC(O)(CCN6CC[C@H](O)[C@@H](C)C6)CC5)cc34)coc2c1. The smallest absolute Gasteiger partial charge is 0.267 e. The topological polar surface area (TPSA) is 129 Å². The number of carbonyl (C=O) groups excluding carboxylic acids is 1. The molecule has 1 saturated carbocycles. The number of H-pyrrole nitrogens is 1. The van der Waals surface area contributed by atoms with Crippen molar-refractivity contribution in [3.8, 4) is 11.5 Å². The van der Waals surface area contributed by atoms with E-state index < -0.39 is 5.60 Å². The highest BCUT2D eigenvalue weighted by Crippen LogP contribution is 2.33. The van der Waals surface area contributed by atoms with E-state index in [2.05, 4.69) is 22.1 Å². The number of methoxy groups -OCH3 is 1. The Hall–Kier alpha value is -3.57. The predicted molar refractivity (Wildman–Crippen MR) is 172 cm³/mol. The van der Waals surface area contributed by atoms with Crippen molar-refractivity contribution in [2.24, 2.45) is 5.92 Å². The summed E-state index contributed by atoms with van der Waals surface area (Å²) in [5.74, 6) is 1.51. The Balaban J connectivity index is 1.02. The zero-order valence-corrected chi connectivity index (χ0v) is 26.2. The predicted octanol–water partition coefficient (Wildman–Crippen LogP) is 5.01. The minimum Gasteiger partial charge on any atom is -0.491 e. The minimum atomic E-state index is -0.700. The van der Waals surface area contributed by atoms with E-state index >= 15 is 0 Å². The molecular weight excluding hydrogens is 574 g/mol. The Morgan fingerprint density at radius 2 is 1.96 bits per heavy atom. The van der Waals surface area contributed by atoms with E-state index in [9.17, 15) is 15.0 Å². The molecule has 6 rings (SSSR count). The van der Waals surface area contributed by atoms with Crippen molar-refractivity contribution in [1.29, 1.82) is 0 Å². The Labute approximate surface area is 263 Å². The summed E-state index contributed by atoms with van der Waals surface area (Å²) in [4.78, 5) is 18.8. The number of hydrogen-bond acceptors (Lipinski definition) is 8. The normalized spacial score (nSPS) is 24.2. The van der Waals surface area contributed by atoms with Crippen LogP contribution < -0.4 is 14.8 Å². The van der Waals surface area contributed by atoms with Gasteiger partial charge in [0.25, 0.3) is 5.91 Å². The van der Waals surface area contributed by atoms with Gasteiger partial charge in [-0.1, -0.05) is 13.0 Å². The molecule has 0 unspecified atom stereocenters. The molecule has 1 saturated heterocycles. The van der Waals surface area contributed by atoms with E-state index in [1.807, 2.05) is 42.5 Å². The molecule has 45 heavy (non-hydrogen) atoms. The number of benzene rings is 2. The summed E-state index contributed by atoms with van der Waals surface area (Å²) >= 11 is 0. The van der Waals surface area contributed by atoms with E-state index in [1.165, 1.54) is 0 Å². The van der Waals surface area contributed by atoms with Gasteiger partial charge in [0.05, 0.1) is 24.6 Å². The first kappa shape index (κ1) is 31.4. The molecule has 0 bridgehead atoms. The fourth-order valence-corrected chi connectivity index (χ4v) is 6.64. The number of aromatic amines is 1. The maximum absolute atomic E-state index is 13.2. The number of aliphatic hydroxyl groups excluding tert-OH is 1. The summed E-state index contributed by atoms with van der Waals surface area (Å²) in [6, 6.07) is 13.3. The summed E-state index contributed by atoms with van der Waals surface area (Å²) in [5, 5.41) is 26.2. The number of rotatable bonds is 12. The lowest BCUT2D eigenvalue weighted by molar-refractivity contribution is -0.0272. The molecule has 0 radical (unpaired) electrons. The highest BCUT2D eigenvalue weighted by molar-refractivity contribution is 5.99. The second kappa shape index (κ2) is 13.8. The van der Waals surface area contributed by atoms with Gasteiger partial charge in [-0.05, 0) is 74.8 Å². The summed E-state index contributed by atoms with van der Waals surface area (Å²) < 4.78 is 22.7. The van der Waals surface area contributed by atoms with Crippen molar-refractivity contribution in [3.05, 3.63) is 60.0 Å². The first-order valence-electron chi connectivity index (χ1n) is 16.1. The van der Waals surface area contributed by atoms with Crippen molar-refractivity contribution >= 4 is 27.8 Å². The van der Waals surface area contributed by atoms with Gasteiger partial charge in [0, 0.05) is 60.7 Å². The molecule has 242 valence electrons. The zero-order valence-electron chi connectivity index (χ0n) is 26.2. The van der Waals surface area contributed by atoms with Crippen LogP contribution in [-0.4, -0.2) is 83.7 Å². The van der Waals surface area contributed by atoms with Gasteiger partial charge in [0.1, 0.15) is 36.0 Å². The standard InChI is InChI=1S/C35H45N3O7/c1-23-20-38(14-10-31(23)39)15-13-35(41)11-8-25(9-12-35)36-34(40)30-19-28-29(37-30)4-3-5-32(28)44-21-24-22-45-33-18-26(6-7-27(24)33)43-17-16-42-2/h3-7,18-19,22-23,25,31,37,39,41H,8-17,20-21H2,1-2H3,(H,36,40)/t23-,25?,31-,35?/m0/s1. The van der Waals surface area contributed by atoms with E-state index in [4.69, 9.17) is 18.6 Å². The molecule has 1 amide bonds. The number of nitrogens with one attached hydrogen (secondary N) is 2. The summed E-state index contributed by atoms with van der Waals surface area (Å²) in [6.07, 6.45) is 5.81. The van der Waals surface area contributed by atoms with Gasteiger partial charge in [0.2, 0.25) is 0 Å². The van der Waals surface area contributed by atoms with E-state index in [1.54, 1.807) is 13.4 Å². The molecule has 2 aromatic carbocycles. The van der Waals surface area contributed by atoms with Gasteiger partial charge in [-0.15, -0.1) is 0 Å². The molecule has 2 fully saturated rings. The van der Waals surface area contributed by atoms with Gasteiger partial charge < -0.3 is 44.0 Å². The molecule has 10 heteroatoms. The van der Waals surface area contributed by atoms with Crippen LogP contribution in [0.25, 0.3) is 21.9 Å². The number of ether oxygens (including phenoxy) is 3. The number of nitrogens with zero attached hydrogens (tertiary/aromatic N) is 1. The number of piperidine rings is 1. The molecule has 4 aromatic rings. The van der Waals surface area contributed by atoms with Crippen LogP contribution in [0.2, 0.25) is 0 Å². The van der Waals surface area contributed by atoms with Gasteiger partial charge >= 0.3 is 0 Å². The molecular formula is C35H45N3O7. The number of aliphatic hydroxyl groups is 2. The van der Waals surface area contributed by atoms with E-state index in [-0.39, 0.29) is 24.0 Å². The second-order valence-electron chi connectivity index (χ2n) is 12.8. The molecule has 4 N–H and O–H groups in total. The Morgan fingerprint density at radius 1 is 1.11 bits per heavy atom. The maximum atomic E-state index is 13.2. The molecule has 10 nitrogen and oxygen atoms in total. The summed E-state index contributed by atoms with van der Waals surface area (Å²) in [6.45, 7) is 5.97. The fraction of sp³-hybridized carbons (Fsp3) is 0.514. The monoisotopic (exact) mass is 619 g/mol. The minimum absolute atomic E-state index is 0.0188. The first-order chi connectivity index (χ1) is 21.8. The number of amides is 1. The summed E-state index contributed by atoms with van der Waals surface area (Å²) in [7, 11) is 1.64. The molecule has 2 atom stereocenters. The molecule has 2 aromatic heterocycles.